The summed E-state index contributed by atoms with van der Waals surface area (Å²) in [7, 11) is 3.84. The zero-order valence-corrected chi connectivity index (χ0v) is 15.0. The third-order valence-electron chi connectivity index (χ3n) is 3.52. The Hall–Kier alpha value is -2.10. The molecule has 6 nitrogen and oxygen atoms in total. The number of nitrogens with one attached hydrogen (secondary N) is 2. The first-order valence-electron chi connectivity index (χ1n) is 8.38. The lowest BCUT2D eigenvalue weighted by atomic mass is 10.1. The number of rotatable bonds is 10. The van der Waals surface area contributed by atoms with Crippen LogP contribution in [0.4, 0.5) is 0 Å². The van der Waals surface area contributed by atoms with Crippen LogP contribution in [-0.2, 0) is 11.3 Å². The van der Waals surface area contributed by atoms with Crippen LogP contribution in [0.1, 0.15) is 24.5 Å². The molecule has 1 aromatic carbocycles. The van der Waals surface area contributed by atoms with Crippen molar-refractivity contribution in [3.05, 3.63) is 35.4 Å². The van der Waals surface area contributed by atoms with Crippen LogP contribution in [0.5, 0.6) is 0 Å². The van der Waals surface area contributed by atoms with Crippen LogP contribution in [0.25, 0.3) is 0 Å². The molecule has 0 bridgehead atoms. The first-order chi connectivity index (χ1) is 11.7. The number of guanidine groups is 1. The molecule has 0 spiro atoms. The maximum absolute atomic E-state index is 8.82. The number of hydrogen-bond acceptors (Lipinski definition) is 4. The van der Waals surface area contributed by atoms with Crippen molar-refractivity contribution < 1.29 is 4.74 Å². The summed E-state index contributed by atoms with van der Waals surface area (Å²) in [6, 6.07) is 9.64. The number of hydrogen-bond donors (Lipinski definition) is 2. The lowest BCUT2D eigenvalue weighted by Crippen LogP contribution is -2.41. The molecule has 0 atom stereocenters. The number of likely N-dealkylation sites (N-methyl/N-ethyl adjacent to an activating group) is 1. The summed E-state index contributed by atoms with van der Waals surface area (Å²) in [6.07, 6.45) is 1.04. The third-order valence-corrected chi connectivity index (χ3v) is 3.52. The molecular formula is C18H29N5O. The van der Waals surface area contributed by atoms with Crippen LogP contribution in [0.15, 0.2) is 29.3 Å². The minimum atomic E-state index is 0.588. The van der Waals surface area contributed by atoms with E-state index in [-0.39, 0.29) is 0 Å². The minimum Gasteiger partial charge on any atom is -0.385 e. The van der Waals surface area contributed by atoms with E-state index < -0.39 is 0 Å². The van der Waals surface area contributed by atoms with Crippen molar-refractivity contribution in [3.63, 3.8) is 0 Å². The van der Waals surface area contributed by atoms with Crippen molar-refractivity contribution in [2.24, 2.45) is 4.99 Å². The molecule has 1 rings (SSSR count). The Morgan fingerprint density at radius 1 is 1.25 bits per heavy atom. The highest BCUT2D eigenvalue weighted by atomic mass is 16.5. The molecule has 1 aromatic rings. The molecule has 0 saturated heterocycles. The fourth-order valence-corrected chi connectivity index (χ4v) is 2.15. The van der Waals surface area contributed by atoms with Gasteiger partial charge in [0, 0.05) is 39.9 Å². The summed E-state index contributed by atoms with van der Waals surface area (Å²) in [6.45, 7) is 7.07. The maximum atomic E-state index is 8.82. The largest absolute Gasteiger partial charge is 0.385 e. The SMILES string of the molecule is CCNC(=NCc1ccc(C#N)cc1)NCCN(C)CCCOC. The van der Waals surface area contributed by atoms with E-state index in [0.29, 0.717) is 12.1 Å². The van der Waals surface area contributed by atoms with Gasteiger partial charge in [0.1, 0.15) is 0 Å². The Bertz CT molecular complexity index is 521. The van der Waals surface area contributed by atoms with Gasteiger partial charge in [-0.1, -0.05) is 12.1 Å². The smallest absolute Gasteiger partial charge is 0.191 e. The van der Waals surface area contributed by atoms with E-state index in [1.54, 1.807) is 7.11 Å². The number of benzene rings is 1. The first kappa shape index (κ1) is 19.9. The number of aliphatic imine (C=N–C) groups is 1. The van der Waals surface area contributed by atoms with Crippen LogP contribution in [0.2, 0.25) is 0 Å². The third kappa shape index (κ3) is 8.51. The van der Waals surface area contributed by atoms with Gasteiger partial charge in [-0.15, -0.1) is 0 Å². The van der Waals surface area contributed by atoms with Crippen molar-refractivity contribution >= 4 is 5.96 Å². The van der Waals surface area contributed by atoms with Gasteiger partial charge in [0.15, 0.2) is 5.96 Å². The molecule has 0 aromatic heterocycles. The summed E-state index contributed by atoms with van der Waals surface area (Å²) >= 11 is 0. The summed E-state index contributed by atoms with van der Waals surface area (Å²) in [4.78, 5) is 6.86. The Labute approximate surface area is 145 Å². The number of nitrogens with zero attached hydrogens (tertiary/aromatic N) is 3. The van der Waals surface area contributed by atoms with E-state index in [0.717, 1.165) is 50.7 Å². The van der Waals surface area contributed by atoms with Gasteiger partial charge in [-0.25, -0.2) is 4.99 Å². The molecule has 2 N–H and O–H groups in total. The Kier molecular flexibility index (Phi) is 10.3. The van der Waals surface area contributed by atoms with E-state index in [9.17, 15) is 0 Å². The van der Waals surface area contributed by atoms with Crippen LogP contribution in [0.3, 0.4) is 0 Å². The van der Waals surface area contributed by atoms with Gasteiger partial charge in [-0.3, -0.25) is 0 Å². The van der Waals surface area contributed by atoms with Gasteiger partial charge in [-0.05, 0) is 38.1 Å². The summed E-state index contributed by atoms with van der Waals surface area (Å²) < 4.78 is 5.07. The fourth-order valence-electron chi connectivity index (χ4n) is 2.15. The van der Waals surface area contributed by atoms with Gasteiger partial charge >= 0.3 is 0 Å². The van der Waals surface area contributed by atoms with Crippen LogP contribution >= 0.6 is 0 Å². The molecule has 132 valence electrons. The molecular weight excluding hydrogens is 302 g/mol. The second kappa shape index (κ2) is 12.3. The number of nitriles is 1. The van der Waals surface area contributed by atoms with E-state index >= 15 is 0 Å². The Balaban J connectivity index is 2.40. The van der Waals surface area contributed by atoms with E-state index in [1.807, 2.05) is 24.3 Å². The molecule has 0 unspecified atom stereocenters. The second-order valence-electron chi connectivity index (χ2n) is 5.58. The summed E-state index contributed by atoms with van der Waals surface area (Å²) in [5.74, 6) is 0.812. The highest BCUT2D eigenvalue weighted by Crippen LogP contribution is 2.04. The van der Waals surface area contributed by atoms with Gasteiger partial charge in [0.2, 0.25) is 0 Å². The van der Waals surface area contributed by atoms with E-state index in [1.165, 1.54) is 0 Å². The average molecular weight is 331 g/mol. The second-order valence-corrected chi connectivity index (χ2v) is 5.58. The number of ether oxygens (including phenoxy) is 1. The molecule has 0 amide bonds. The van der Waals surface area contributed by atoms with E-state index in [2.05, 4.69) is 40.6 Å². The highest BCUT2D eigenvalue weighted by molar-refractivity contribution is 5.79. The van der Waals surface area contributed by atoms with Crippen molar-refractivity contribution in [1.29, 1.82) is 5.26 Å². The van der Waals surface area contributed by atoms with Crippen LogP contribution in [-0.4, -0.2) is 57.8 Å². The minimum absolute atomic E-state index is 0.588. The van der Waals surface area contributed by atoms with Crippen LogP contribution in [0, 0.1) is 11.3 Å². The number of methoxy groups -OCH3 is 1. The van der Waals surface area contributed by atoms with Crippen molar-refractivity contribution in [2.75, 3.05) is 46.9 Å². The molecule has 24 heavy (non-hydrogen) atoms. The topological polar surface area (TPSA) is 72.7 Å². The lowest BCUT2D eigenvalue weighted by molar-refractivity contribution is 0.180. The normalized spacial score (nSPS) is 11.4. The first-order valence-corrected chi connectivity index (χ1v) is 8.38. The maximum Gasteiger partial charge on any atom is 0.191 e. The average Bonchev–Trinajstić information content (AvgIpc) is 2.60. The van der Waals surface area contributed by atoms with Crippen molar-refractivity contribution in [1.82, 2.24) is 15.5 Å². The van der Waals surface area contributed by atoms with Gasteiger partial charge in [-0.2, -0.15) is 5.26 Å². The molecule has 0 saturated carbocycles. The van der Waals surface area contributed by atoms with Crippen molar-refractivity contribution in [3.8, 4) is 6.07 Å². The fraction of sp³-hybridized carbons (Fsp3) is 0.556. The molecule has 0 radical (unpaired) electrons. The Morgan fingerprint density at radius 3 is 2.62 bits per heavy atom. The van der Waals surface area contributed by atoms with Crippen molar-refractivity contribution in [2.45, 2.75) is 19.9 Å². The molecule has 0 heterocycles. The predicted octanol–water partition coefficient (Wildman–Crippen LogP) is 1.58. The summed E-state index contributed by atoms with van der Waals surface area (Å²) in [5, 5.41) is 15.4. The van der Waals surface area contributed by atoms with Gasteiger partial charge in [0.25, 0.3) is 0 Å². The highest BCUT2D eigenvalue weighted by Gasteiger charge is 2.01. The zero-order chi connectivity index (χ0) is 17.6. The predicted molar refractivity (Wildman–Crippen MR) is 98.0 cm³/mol. The van der Waals surface area contributed by atoms with Gasteiger partial charge < -0.3 is 20.3 Å². The monoisotopic (exact) mass is 331 g/mol. The quantitative estimate of drug-likeness (QED) is 0.387. The molecule has 0 aliphatic carbocycles. The van der Waals surface area contributed by atoms with Crippen LogP contribution < -0.4 is 10.6 Å². The summed E-state index contributed by atoms with van der Waals surface area (Å²) in [5.41, 5.74) is 1.76. The zero-order valence-electron chi connectivity index (χ0n) is 15.0. The van der Waals surface area contributed by atoms with Gasteiger partial charge in [0.05, 0.1) is 18.2 Å². The standard InChI is InChI=1S/C18H29N5O/c1-4-20-18(21-10-12-23(2)11-5-13-24-3)22-15-17-8-6-16(14-19)7-9-17/h6-9H,4-5,10-13,15H2,1-3H3,(H2,20,21,22). The Morgan fingerprint density at radius 2 is 2.00 bits per heavy atom. The lowest BCUT2D eigenvalue weighted by Gasteiger charge is -2.18. The van der Waals surface area contributed by atoms with E-state index in [4.69, 9.17) is 10.00 Å². The molecule has 6 heteroatoms. The molecule has 0 aliphatic rings. The molecule has 0 fully saturated rings. The molecule has 0 aliphatic heterocycles.